The predicted molar refractivity (Wildman–Crippen MR) is 91.4 cm³/mol. The normalized spacial score (nSPS) is 20.1. The first-order chi connectivity index (χ1) is 12.0. The Hall–Kier alpha value is -2.30. The van der Waals surface area contributed by atoms with Gasteiger partial charge in [-0.15, -0.1) is 0 Å². The first kappa shape index (κ1) is 17.5. The van der Waals surface area contributed by atoms with Crippen molar-refractivity contribution in [2.75, 3.05) is 6.61 Å². The van der Waals surface area contributed by atoms with Gasteiger partial charge in [0.05, 0.1) is 12.5 Å². The van der Waals surface area contributed by atoms with Crippen LogP contribution < -0.4 is 9.05 Å². The molecule has 2 atom stereocenters. The van der Waals surface area contributed by atoms with E-state index in [0.717, 1.165) is 0 Å². The first-order valence-electron chi connectivity index (χ1n) is 7.98. The lowest BCUT2D eigenvalue weighted by Gasteiger charge is -2.20. The van der Waals surface area contributed by atoms with Crippen molar-refractivity contribution in [2.45, 2.75) is 19.4 Å². The second-order valence-corrected chi connectivity index (χ2v) is 7.27. The Balaban J connectivity index is 1.72. The van der Waals surface area contributed by atoms with Crippen molar-refractivity contribution in [3.05, 3.63) is 60.7 Å². The molecule has 0 saturated carbocycles. The Morgan fingerprint density at radius 3 is 1.96 bits per heavy atom. The van der Waals surface area contributed by atoms with Crippen LogP contribution in [-0.4, -0.2) is 18.7 Å². The minimum Gasteiger partial charge on any atom is -0.460 e. The van der Waals surface area contributed by atoms with Crippen LogP contribution in [0.25, 0.3) is 0 Å². The number of para-hydroxylation sites is 2. The van der Waals surface area contributed by atoms with Crippen LogP contribution in [0.1, 0.15) is 13.3 Å². The predicted octanol–water partition coefficient (Wildman–Crippen LogP) is 4.22. The zero-order valence-corrected chi connectivity index (χ0v) is 14.6. The van der Waals surface area contributed by atoms with Gasteiger partial charge in [-0.25, -0.2) is 4.57 Å². The fourth-order valence-electron chi connectivity index (χ4n) is 2.39. The molecule has 1 heterocycles. The number of carbonyl (C=O) groups excluding carboxylic acids is 1. The van der Waals surface area contributed by atoms with Crippen LogP contribution in [0.3, 0.4) is 0 Å². The summed E-state index contributed by atoms with van der Waals surface area (Å²) in [6.07, 6.45) is 0.0461. The molecule has 132 valence electrons. The van der Waals surface area contributed by atoms with Crippen molar-refractivity contribution >= 4 is 13.8 Å². The number of cyclic esters (lactones) is 1. The van der Waals surface area contributed by atoms with Gasteiger partial charge < -0.3 is 13.8 Å². The van der Waals surface area contributed by atoms with Crippen molar-refractivity contribution in [1.29, 1.82) is 0 Å². The number of rotatable bonds is 7. The first-order valence-corrected chi connectivity index (χ1v) is 9.44. The second kappa shape index (κ2) is 7.72. The topological polar surface area (TPSA) is 71.1 Å². The van der Waals surface area contributed by atoms with Crippen molar-refractivity contribution in [3.8, 4) is 11.5 Å². The highest BCUT2D eigenvalue weighted by atomic mass is 31.2. The van der Waals surface area contributed by atoms with Crippen molar-refractivity contribution in [2.24, 2.45) is 5.92 Å². The van der Waals surface area contributed by atoms with E-state index in [4.69, 9.17) is 18.3 Å². The summed E-state index contributed by atoms with van der Waals surface area (Å²) in [7, 11) is -3.95. The molecule has 2 aromatic rings. The lowest BCUT2D eigenvalue weighted by molar-refractivity contribution is -0.144. The molecule has 0 spiro atoms. The van der Waals surface area contributed by atoms with Gasteiger partial charge in [0, 0.05) is 0 Å². The molecule has 3 rings (SSSR count). The van der Waals surface area contributed by atoms with Gasteiger partial charge in [0.25, 0.3) is 0 Å². The minimum absolute atomic E-state index is 0.0625. The Kier molecular flexibility index (Phi) is 5.41. The molecule has 1 aliphatic rings. The van der Waals surface area contributed by atoms with E-state index in [-0.39, 0.29) is 18.5 Å². The Morgan fingerprint density at radius 1 is 1.00 bits per heavy atom. The van der Waals surface area contributed by atoms with E-state index in [9.17, 15) is 9.36 Å². The number of phosphoric ester groups is 1. The molecule has 0 aromatic heterocycles. The largest absolute Gasteiger partial charge is 0.587 e. The van der Waals surface area contributed by atoms with Gasteiger partial charge in [-0.2, -0.15) is 0 Å². The number of phosphoric acid groups is 1. The zero-order chi connectivity index (χ0) is 17.7. The number of ether oxygens (including phenoxy) is 1. The molecular weight excluding hydrogens is 343 g/mol. The number of esters is 1. The molecule has 6 nitrogen and oxygen atoms in total. The average Bonchev–Trinajstić information content (AvgIpc) is 2.93. The molecule has 0 aliphatic carbocycles. The van der Waals surface area contributed by atoms with E-state index in [1.54, 1.807) is 55.5 Å². The second-order valence-electron chi connectivity index (χ2n) is 5.75. The standard InChI is InChI=1S/C18H19O6P/c1-14-12-17(22-18(14)19)13-21-25(20,23-15-8-4-2-5-9-15)24-16-10-6-3-7-11-16/h2-11,14,17H,12-13H2,1H3. The monoisotopic (exact) mass is 362 g/mol. The summed E-state index contributed by atoms with van der Waals surface area (Å²) < 4.78 is 34.7. The van der Waals surface area contributed by atoms with Crippen LogP contribution in [0, 0.1) is 5.92 Å². The average molecular weight is 362 g/mol. The van der Waals surface area contributed by atoms with Crippen LogP contribution in [0.4, 0.5) is 0 Å². The molecule has 0 N–H and O–H groups in total. The Labute approximate surface area is 146 Å². The third kappa shape index (κ3) is 4.84. The van der Waals surface area contributed by atoms with Crippen LogP contribution in [0.15, 0.2) is 60.7 Å². The molecule has 1 aliphatic heterocycles. The molecule has 1 saturated heterocycles. The van der Waals surface area contributed by atoms with Crippen molar-refractivity contribution in [3.63, 3.8) is 0 Å². The maximum atomic E-state index is 13.1. The highest BCUT2D eigenvalue weighted by Crippen LogP contribution is 2.50. The SMILES string of the molecule is CC1CC(COP(=O)(Oc2ccccc2)Oc2ccccc2)OC1=O. The van der Waals surface area contributed by atoms with Crippen molar-refractivity contribution < 1.29 is 27.7 Å². The minimum atomic E-state index is -3.95. The zero-order valence-electron chi connectivity index (χ0n) is 13.7. The number of hydrogen-bond donors (Lipinski definition) is 0. The lowest BCUT2D eigenvalue weighted by Crippen LogP contribution is -2.17. The fraction of sp³-hybridized carbons (Fsp3) is 0.278. The Bertz CT molecular complexity index is 703. The molecule has 1 fully saturated rings. The number of hydrogen-bond acceptors (Lipinski definition) is 6. The molecular formula is C18H19O6P. The van der Waals surface area contributed by atoms with E-state index in [2.05, 4.69) is 0 Å². The summed E-state index contributed by atoms with van der Waals surface area (Å²) in [6.45, 7) is 1.72. The maximum Gasteiger partial charge on any atom is 0.587 e. The summed E-state index contributed by atoms with van der Waals surface area (Å²) in [4.78, 5) is 11.5. The van der Waals surface area contributed by atoms with Gasteiger partial charge in [-0.1, -0.05) is 43.3 Å². The quantitative estimate of drug-likeness (QED) is 0.542. The summed E-state index contributed by atoms with van der Waals surface area (Å²) in [5.74, 6) is 0.242. The molecule has 2 unspecified atom stereocenters. The highest BCUT2D eigenvalue weighted by Gasteiger charge is 2.36. The van der Waals surface area contributed by atoms with Crippen LogP contribution >= 0.6 is 7.82 Å². The molecule has 0 amide bonds. The molecule has 0 bridgehead atoms. The summed E-state index contributed by atoms with van der Waals surface area (Å²) >= 11 is 0. The number of carbonyl (C=O) groups is 1. The van der Waals surface area contributed by atoms with E-state index in [0.29, 0.717) is 17.9 Å². The number of benzene rings is 2. The van der Waals surface area contributed by atoms with Crippen LogP contribution in [0.5, 0.6) is 11.5 Å². The Morgan fingerprint density at radius 2 is 1.52 bits per heavy atom. The summed E-state index contributed by atoms with van der Waals surface area (Å²) in [5.41, 5.74) is 0. The third-order valence-corrected chi connectivity index (χ3v) is 4.98. The third-order valence-electron chi connectivity index (χ3n) is 3.64. The van der Waals surface area contributed by atoms with E-state index in [1.807, 2.05) is 12.1 Å². The van der Waals surface area contributed by atoms with Crippen LogP contribution in [-0.2, 0) is 18.6 Å². The smallest absolute Gasteiger partial charge is 0.460 e. The molecule has 25 heavy (non-hydrogen) atoms. The van der Waals surface area contributed by atoms with Gasteiger partial charge >= 0.3 is 13.8 Å². The van der Waals surface area contributed by atoms with E-state index in [1.165, 1.54) is 0 Å². The van der Waals surface area contributed by atoms with Gasteiger partial charge in [-0.3, -0.25) is 9.32 Å². The van der Waals surface area contributed by atoms with Gasteiger partial charge in [0.2, 0.25) is 0 Å². The van der Waals surface area contributed by atoms with Gasteiger partial charge in [0.1, 0.15) is 17.6 Å². The highest BCUT2D eigenvalue weighted by molar-refractivity contribution is 7.49. The summed E-state index contributed by atoms with van der Waals surface area (Å²) in [5, 5.41) is 0. The summed E-state index contributed by atoms with van der Waals surface area (Å²) in [6, 6.07) is 17.3. The molecule has 7 heteroatoms. The van der Waals surface area contributed by atoms with Gasteiger partial charge in [0.15, 0.2) is 0 Å². The van der Waals surface area contributed by atoms with Gasteiger partial charge in [-0.05, 0) is 30.7 Å². The lowest BCUT2D eigenvalue weighted by atomic mass is 10.1. The molecule has 0 radical (unpaired) electrons. The van der Waals surface area contributed by atoms with Crippen LogP contribution in [0.2, 0.25) is 0 Å². The van der Waals surface area contributed by atoms with E-state index >= 15 is 0 Å². The van der Waals surface area contributed by atoms with Crippen molar-refractivity contribution in [1.82, 2.24) is 0 Å². The fourth-order valence-corrected chi connectivity index (χ4v) is 3.64. The maximum absolute atomic E-state index is 13.1. The van der Waals surface area contributed by atoms with E-state index < -0.39 is 13.9 Å². The molecule has 2 aromatic carbocycles.